The highest BCUT2D eigenvalue weighted by Crippen LogP contribution is 2.33. The summed E-state index contributed by atoms with van der Waals surface area (Å²) in [5.41, 5.74) is 2.33. The van der Waals surface area contributed by atoms with E-state index < -0.39 is 6.17 Å². The number of amidine groups is 2. The van der Waals surface area contributed by atoms with Gasteiger partial charge in [-0.3, -0.25) is 0 Å². The summed E-state index contributed by atoms with van der Waals surface area (Å²) in [6, 6.07) is 20.3. The number of nitrogens with one attached hydrogen (secondary N) is 1. The fourth-order valence-electron chi connectivity index (χ4n) is 3.25. The van der Waals surface area contributed by atoms with E-state index in [0.29, 0.717) is 23.0 Å². The molecule has 0 spiro atoms. The van der Waals surface area contributed by atoms with Gasteiger partial charge in [-0.2, -0.15) is 0 Å². The number of rotatable bonds is 6. The van der Waals surface area contributed by atoms with E-state index in [9.17, 15) is 5.11 Å². The Labute approximate surface area is 180 Å². The number of methoxy groups -OCH3 is 3. The highest BCUT2D eigenvalue weighted by molar-refractivity contribution is 6.15. The van der Waals surface area contributed by atoms with Crippen LogP contribution in [0.2, 0.25) is 0 Å². The molecule has 0 aliphatic carbocycles. The van der Waals surface area contributed by atoms with Crippen LogP contribution in [0.3, 0.4) is 0 Å². The molecule has 0 amide bonds. The van der Waals surface area contributed by atoms with E-state index in [-0.39, 0.29) is 5.75 Å². The summed E-state index contributed by atoms with van der Waals surface area (Å²) in [4.78, 5) is 9.51. The zero-order valence-corrected chi connectivity index (χ0v) is 17.5. The van der Waals surface area contributed by atoms with Gasteiger partial charge in [0.2, 0.25) is 0 Å². The van der Waals surface area contributed by atoms with Crippen LogP contribution in [0.15, 0.2) is 76.7 Å². The SMILES string of the molecule is COc1ccc(C2=NC(c3ccc(OC)cc3O)N=C(c3ccc(OC)cc3)N2)cc1. The molecule has 3 aromatic carbocycles. The number of aromatic hydroxyl groups is 1. The Balaban J connectivity index is 1.76. The van der Waals surface area contributed by atoms with Gasteiger partial charge in [0.1, 0.15) is 34.7 Å². The molecular weight excluding hydrogens is 394 g/mol. The van der Waals surface area contributed by atoms with Crippen molar-refractivity contribution in [1.29, 1.82) is 0 Å². The molecule has 0 atom stereocenters. The maximum atomic E-state index is 10.6. The molecule has 7 nitrogen and oxygen atoms in total. The van der Waals surface area contributed by atoms with Gasteiger partial charge >= 0.3 is 0 Å². The van der Waals surface area contributed by atoms with Gasteiger partial charge in [-0.1, -0.05) is 0 Å². The Bertz CT molecular complexity index is 1060. The van der Waals surface area contributed by atoms with E-state index in [1.54, 1.807) is 39.5 Å². The van der Waals surface area contributed by atoms with Gasteiger partial charge < -0.3 is 24.6 Å². The van der Waals surface area contributed by atoms with Crippen LogP contribution in [0.5, 0.6) is 23.0 Å². The maximum Gasteiger partial charge on any atom is 0.173 e. The van der Waals surface area contributed by atoms with Crippen molar-refractivity contribution in [3.8, 4) is 23.0 Å². The monoisotopic (exact) mass is 417 g/mol. The lowest BCUT2D eigenvalue weighted by molar-refractivity contribution is 0.405. The quantitative estimate of drug-likeness (QED) is 0.635. The summed E-state index contributed by atoms with van der Waals surface area (Å²) in [7, 11) is 4.81. The second kappa shape index (κ2) is 8.79. The highest BCUT2D eigenvalue weighted by atomic mass is 16.5. The number of phenolic OH excluding ortho intramolecular Hbond substituents is 1. The minimum Gasteiger partial charge on any atom is -0.507 e. The third-order valence-corrected chi connectivity index (χ3v) is 4.98. The molecule has 0 radical (unpaired) electrons. The normalized spacial score (nSPS) is 13.6. The van der Waals surface area contributed by atoms with Crippen LogP contribution in [0.1, 0.15) is 22.9 Å². The summed E-state index contributed by atoms with van der Waals surface area (Å²) in [6.45, 7) is 0. The third kappa shape index (κ3) is 4.30. The van der Waals surface area contributed by atoms with Crippen LogP contribution in [0, 0.1) is 0 Å². The number of hydrogen-bond acceptors (Lipinski definition) is 7. The molecule has 0 saturated heterocycles. The van der Waals surface area contributed by atoms with Crippen LogP contribution in [-0.4, -0.2) is 38.1 Å². The summed E-state index contributed by atoms with van der Waals surface area (Å²) >= 11 is 0. The van der Waals surface area contributed by atoms with Gasteiger partial charge in [0.15, 0.2) is 6.17 Å². The van der Waals surface area contributed by atoms with Crippen molar-refractivity contribution < 1.29 is 19.3 Å². The van der Waals surface area contributed by atoms with Crippen molar-refractivity contribution in [1.82, 2.24) is 5.32 Å². The first-order valence-electron chi connectivity index (χ1n) is 9.69. The number of aliphatic imine (C=N–C) groups is 2. The Kier molecular flexibility index (Phi) is 5.75. The number of phenols is 1. The van der Waals surface area contributed by atoms with Gasteiger partial charge in [-0.05, 0) is 60.7 Å². The first-order valence-corrected chi connectivity index (χ1v) is 9.69. The summed E-state index contributed by atoms with van der Waals surface area (Å²) in [5, 5.41) is 13.9. The van der Waals surface area contributed by atoms with E-state index >= 15 is 0 Å². The van der Waals surface area contributed by atoms with E-state index in [2.05, 4.69) is 5.32 Å². The molecule has 1 aliphatic rings. The van der Waals surface area contributed by atoms with Crippen molar-refractivity contribution in [2.45, 2.75) is 6.17 Å². The molecule has 3 aromatic rings. The van der Waals surface area contributed by atoms with E-state index in [1.165, 1.54) is 0 Å². The first-order chi connectivity index (χ1) is 15.1. The Morgan fingerprint density at radius 2 is 1.13 bits per heavy atom. The molecule has 0 aromatic heterocycles. The fourth-order valence-corrected chi connectivity index (χ4v) is 3.25. The van der Waals surface area contributed by atoms with Gasteiger partial charge in [-0.25, -0.2) is 9.98 Å². The Morgan fingerprint density at radius 1 is 0.677 bits per heavy atom. The molecule has 7 heteroatoms. The number of nitrogens with zero attached hydrogens (tertiary/aromatic N) is 2. The van der Waals surface area contributed by atoms with Crippen LogP contribution in [-0.2, 0) is 0 Å². The minimum atomic E-state index is -0.624. The smallest absolute Gasteiger partial charge is 0.173 e. The van der Waals surface area contributed by atoms with Crippen LogP contribution < -0.4 is 19.5 Å². The van der Waals surface area contributed by atoms with E-state index in [4.69, 9.17) is 24.2 Å². The second-order valence-electron chi connectivity index (χ2n) is 6.84. The van der Waals surface area contributed by atoms with Crippen molar-refractivity contribution in [2.75, 3.05) is 21.3 Å². The number of hydrogen-bond donors (Lipinski definition) is 2. The van der Waals surface area contributed by atoms with Gasteiger partial charge in [-0.15, -0.1) is 0 Å². The van der Waals surface area contributed by atoms with Crippen molar-refractivity contribution in [2.24, 2.45) is 9.98 Å². The third-order valence-electron chi connectivity index (χ3n) is 4.98. The number of ether oxygens (including phenoxy) is 3. The molecular formula is C24H23N3O4. The standard InChI is InChI=1S/C24H23N3O4/c1-29-17-8-4-15(5-9-17)22-25-23(16-6-10-18(30-2)11-7-16)27-24(26-22)20-13-12-19(31-3)14-21(20)28/h4-14,24,28H,1-3H3,(H,25,26,27). The lowest BCUT2D eigenvalue weighted by Gasteiger charge is -2.23. The lowest BCUT2D eigenvalue weighted by Crippen LogP contribution is -2.36. The fraction of sp³-hybridized carbons (Fsp3) is 0.167. The largest absolute Gasteiger partial charge is 0.507 e. The van der Waals surface area contributed by atoms with Crippen LogP contribution >= 0.6 is 0 Å². The summed E-state index contributed by atoms with van der Waals surface area (Å²) in [6.07, 6.45) is -0.624. The molecule has 2 N–H and O–H groups in total. The van der Waals surface area contributed by atoms with Gasteiger partial charge in [0, 0.05) is 22.8 Å². The highest BCUT2D eigenvalue weighted by Gasteiger charge is 2.23. The van der Waals surface area contributed by atoms with E-state index in [1.807, 2.05) is 48.5 Å². The van der Waals surface area contributed by atoms with E-state index in [0.717, 1.165) is 22.6 Å². The zero-order valence-electron chi connectivity index (χ0n) is 17.5. The zero-order chi connectivity index (χ0) is 21.8. The molecule has 1 aliphatic heterocycles. The van der Waals surface area contributed by atoms with Crippen molar-refractivity contribution >= 4 is 11.7 Å². The molecule has 158 valence electrons. The Hall–Kier alpha value is -4.00. The summed E-state index contributed by atoms with van der Waals surface area (Å²) < 4.78 is 15.7. The topological polar surface area (TPSA) is 84.7 Å². The molecule has 0 fully saturated rings. The Morgan fingerprint density at radius 3 is 1.55 bits per heavy atom. The molecule has 31 heavy (non-hydrogen) atoms. The lowest BCUT2D eigenvalue weighted by atomic mass is 10.1. The maximum absolute atomic E-state index is 10.6. The number of benzene rings is 3. The average molecular weight is 417 g/mol. The second-order valence-corrected chi connectivity index (χ2v) is 6.84. The molecule has 4 rings (SSSR count). The summed E-state index contributed by atoms with van der Waals surface area (Å²) in [5.74, 6) is 3.44. The molecule has 1 heterocycles. The average Bonchev–Trinajstić information content (AvgIpc) is 2.83. The molecule has 0 saturated carbocycles. The predicted octanol–water partition coefficient (Wildman–Crippen LogP) is 3.91. The van der Waals surface area contributed by atoms with Gasteiger partial charge in [0.25, 0.3) is 0 Å². The van der Waals surface area contributed by atoms with Gasteiger partial charge in [0.05, 0.1) is 21.3 Å². The van der Waals surface area contributed by atoms with Crippen LogP contribution in [0.4, 0.5) is 0 Å². The molecule has 0 unspecified atom stereocenters. The minimum absolute atomic E-state index is 0.0712. The predicted molar refractivity (Wildman–Crippen MR) is 120 cm³/mol. The van der Waals surface area contributed by atoms with Crippen LogP contribution in [0.25, 0.3) is 0 Å². The van der Waals surface area contributed by atoms with Crippen molar-refractivity contribution in [3.63, 3.8) is 0 Å². The first kappa shape index (κ1) is 20.3. The van der Waals surface area contributed by atoms with Crippen molar-refractivity contribution in [3.05, 3.63) is 83.4 Å². The molecule has 0 bridgehead atoms.